The molecule has 6 heteroatoms. The van der Waals surface area contributed by atoms with Crippen molar-refractivity contribution in [2.75, 3.05) is 11.9 Å². The number of carbonyl (C=O) groups is 3. The van der Waals surface area contributed by atoms with Crippen LogP contribution >= 0.6 is 0 Å². The lowest BCUT2D eigenvalue weighted by atomic mass is 9.93. The number of nitrogens with zero attached hydrogens (tertiary/aromatic N) is 1. The second-order valence-corrected chi connectivity index (χ2v) is 6.85. The van der Waals surface area contributed by atoms with Gasteiger partial charge in [0, 0.05) is 5.69 Å². The monoisotopic (exact) mass is 345 g/mol. The molecule has 1 aliphatic rings. The lowest BCUT2D eigenvalue weighted by Gasteiger charge is -2.23. The van der Waals surface area contributed by atoms with Crippen molar-refractivity contribution in [2.24, 2.45) is 0 Å². The van der Waals surface area contributed by atoms with Crippen molar-refractivity contribution in [3.05, 3.63) is 29.3 Å². The standard InChI is InChI=1S/C19H27N3O3/c1-6-19(7-2)17(24)22(18(25)21-19)11-15(23)20-16-13(5)9-8-10-14(16)12(3)4/h8-10,12H,6-7,11H2,1-5H3,(H,20,23)(H,21,25). The normalized spacial score (nSPS) is 16.3. The van der Waals surface area contributed by atoms with Crippen molar-refractivity contribution in [1.82, 2.24) is 10.2 Å². The molecular formula is C19H27N3O3. The molecule has 1 saturated heterocycles. The first-order valence-corrected chi connectivity index (χ1v) is 8.79. The molecule has 1 aromatic rings. The van der Waals surface area contributed by atoms with E-state index in [2.05, 4.69) is 24.5 Å². The highest BCUT2D eigenvalue weighted by atomic mass is 16.2. The van der Waals surface area contributed by atoms with Crippen molar-refractivity contribution in [2.45, 2.75) is 58.9 Å². The van der Waals surface area contributed by atoms with Crippen LogP contribution in [0.2, 0.25) is 0 Å². The van der Waals surface area contributed by atoms with Gasteiger partial charge in [0.15, 0.2) is 0 Å². The molecule has 0 atom stereocenters. The van der Waals surface area contributed by atoms with Crippen LogP contribution in [0.25, 0.3) is 0 Å². The molecule has 0 spiro atoms. The van der Waals surface area contributed by atoms with E-state index in [1.165, 1.54) is 0 Å². The van der Waals surface area contributed by atoms with Crippen molar-refractivity contribution >= 4 is 23.5 Å². The number of hydrogen-bond acceptors (Lipinski definition) is 3. The molecule has 1 fully saturated rings. The number of nitrogens with one attached hydrogen (secondary N) is 2. The molecule has 6 nitrogen and oxygen atoms in total. The van der Waals surface area contributed by atoms with Crippen LogP contribution in [0.3, 0.4) is 0 Å². The number of benzene rings is 1. The summed E-state index contributed by atoms with van der Waals surface area (Å²) in [5.41, 5.74) is 1.85. The Bertz CT molecular complexity index is 693. The van der Waals surface area contributed by atoms with Crippen molar-refractivity contribution in [3.63, 3.8) is 0 Å². The molecule has 2 rings (SSSR count). The molecule has 2 N–H and O–H groups in total. The Morgan fingerprint density at radius 3 is 2.40 bits per heavy atom. The molecule has 0 bridgehead atoms. The Labute approximate surface area is 149 Å². The second kappa shape index (κ2) is 7.25. The number of urea groups is 1. The molecule has 1 aliphatic heterocycles. The van der Waals surface area contributed by atoms with Crippen LogP contribution in [0.4, 0.5) is 10.5 Å². The third-order valence-corrected chi connectivity index (χ3v) is 4.95. The Hall–Kier alpha value is -2.37. The average Bonchev–Trinajstić information content (AvgIpc) is 2.81. The highest BCUT2D eigenvalue weighted by molar-refractivity contribution is 6.10. The van der Waals surface area contributed by atoms with E-state index in [1.807, 2.05) is 39.0 Å². The lowest BCUT2D eigenvalue weighted by molar-refractivity contribution is -0.134. The largest absolute Gasteiger partial charge is 0.325 e. The predicted octanol–water partition coefficient (Wildman–Crippen LogP) is 3.17. The summed E-state index contributed by atoms with van der Waals surface area (Å²) in [7, 11) is 0. The van der Waals surface area contributed by atoms with Crippen LogP contribution in [0.15, 0.2) is 18.2 Å². The van der Waals surface area contributed by atoms with Crippen LogP contribution in [-0.2, 0) is 9.59 Å². The van der Waals surface area contributed by atoms with Crippen molar-refractivity contribution in [1.29, 1.82) is 0 Å². The maximum Gasteiger partial charge on any atom is 0.325 e. The van der Waals surface area contributed by atoms with Gasteiger partial charge in [-0.3, -0.25) is 14.5 Å². The maximum absolute atomic E-state index is 12.6. The molecule has 25 heavy (non-hydrogen) atoms. The highest BCUT2D eigenvalue weighted by Gasteiger charge is 2.49. The molecule has 0 radical (unpaired) electrons. The molecule has 1 heterocycles. The summed E-state index contributed by atoms with van der Waals surface area (Å²) in [6.07, 6.45) is 1.00. The summed E-state index contributed by atoms with van der Waals surface area (Å²) in [6.45, 7) is 9.46. The first kappa shape index (κ1) is 19.0. The Morgan fingerprint density at radius 2 is 1.88 bits per heavy atom. The number of aryl methyl sites for hydroxylation is 1. The SMILES string of the molecule is CCC1(CC)NC(=O)N(CC(=O)Nc2c(C)cccc2C(C)C)C1=O. The minimum absolute atomic E-state index is 0.250. The molecule has 0 unspecified atom stereocenters. The number of imide groups is 1. The van der Waals surface area contributed by atoms with Crippen LogP contribution in [0.5, 0.6) is 0 Å². The quantitative estimate of drug-likeness (QED) is 0.777. The van der Waals surface area contributed by atoms with Gasteiger partial charge in [-0.1, -0.05) is 45.9 Å². The van der Waals surface area contributed by atoms with E-state index >= 15 is 0 Å². The van der Waals surface area contributed by atoms with Gasteiger partial charge in [0.2, 0.25) is 5.91 Å². The van der Waals surface area contributed by atoms with Crippen LogP contribution in [0, 0.1) is 6.92 Å². The van der Waals surface area contributed by atoms with Gasteiger partial charge in [-0.05, 0) is 36.8 Å². The number of amides is 4. The van der Waals surface area contributed by atoms with Gasteiger partial charge >= 0.3 is 6.03 Å². The van der Waals surface area contributed by atoms with Gasteiger partial charge in [0.1, 0.15) is 12.1 Å². The fourth-order valence-corrected chi connectivity index (χ4v) is 3.21. The minimum atomic E-state index is -0.886. The summed E-state index contributed by atoms with van der Waals surface area (Å²) < 4.78 is 0. The van der Waals surface area contributed by atoms with E-state index in [9.17, 15) is 14.4 Å². The number of hydrogen-bond donors (Lipinski definition) is 2. The zero-order valence-electron chi connectivity index (χ0n) is 15.6. The fourth-order valence-electron chi connectivity index (χ4n) is 3.21. The van der Waals surface area contributed by atoms with Crippen molar-refractivity contribution in [3.8, 4) is 0 Å². The highest BCUT2D eigenvalue weighted by Crippen LogP contribution is 2.28. The van der Waals surface area contributed by atoms with E-state index in [0.717, 1.165) is 21.7 Å². The molecule has 0 aromatic heterocycles. The van der Waals surface area contributed by atoms with E-state index in [1.54, 1.807) is 0 Å². The maximum atomic E-state index is 12.6. The van der Waals surface area contributed by atoms with Crippen molar-refractivity contribution < 1.29 is 14.4 Å². The smallest absolute Gasteiger partial charge is 0.324 e. The molecule has 0 aliphatic carbocycles. The van der Waals surface area contributed by atoms with E-state index in [-0.39, 0.29) is 24.3 Å². The number of carbonyl (C=O) groups excluding carboxylic acids is 3. The van der Waals surface area contributed by atoms with Gasteiger partial charge < -0.3 is 10.6 Å². The van der Waals surface area contributed by atoms with Crippen LogP contribution < -0.4 is 10.6 Å². The molecule has 1 aromatic carbocycles. The Kier molecular flexibility index (Phi) is 5.50. The Morgan fingerprint density at radius 1 is 1.24 bits per heavy atom. The minimum Gasteiger partial charge on any atom is -0.324 e. The third kappa shape index (κ3) is 3.52. The number of anilines is 1. The molecule has 0 saturated carbocycles. The fraction of sp³-hybridized carbons (Fsp3) is 0.526. The Balaban J connectivity index is 2.17. The van der Waals surface area contributed by atoms with Crippen LogP contribution in [0.1, 0.15) is 57.6 Å². The summed E-state index contributed by atoms with van der Waals surface area (Å²) in [4.78, 5) is 38.3. The van der Waals surface area contributed by atoms with E-state index in [0.29, 0.717) is 12.8 Å². The van der Waals surface area contributed by atoms with Gasteiger partial charge in [0.25, 0.3) is 5.91 Å². The van der Waals surface area contributed by atoms with Gasteiger partial charge in [0.05, 0.1) is 0 Å². The van der Waals surface area contributed by atoms with E-state index in [4.69, 9.17) is 0 Å². The lowest BCUT2D eigenvalue weighted by Crippen LogP contribution is -2.46. The van der Waals surface area contributed by atoms with E-state index < -0.39 is 11.6 Å². The summed E-state index contributed by atoms with van der Waals surface area (Å²) in [5, 5.41) is 5.61. The van der Waals surface area contributed by atoms with Gasteiger partial charge in [-0.2, -0.15) is 0 Å². The first-order chi connectivity index (χ1) is 11.8. The summed E-state index contributed by atoms with van der Waals surface area (Å²) in [6, 6.07) is 5.35. The molecule has 136 valence electrons. The summed E-state index contributed by atoms with van der Waals surface area (Å²) in [5.74, 6) is -0.450. The second-order valence-electron chi connectivity index (χ2n) is 6.85. The zero-order valence-corrected chi connectivity index (χ0v) is 15.6. The van der Waals surface area contributed by atoms with Crippen LogP contribution in [-0.4, -0.2) is 34.8 Å². The third-order valence-electron chi connectivity index (χ3n) is 4.95. The van der Waals surface area contributed by atoms with Gasteiger partial charge in [-0.15, -0.1) is 0 Å². The van der Waals surface area contributed by atoms with Gasteiger partial charge in [-0.25, -0.2) is 4.79 Å². The number of para-hydroxylation sites is 1. The average molecular weight is 345 g/mol. The zero-order chi connectivity index (χ0) is 18.8. The molecular weight excluding hydrogens is 318 g/mol. The number of rotatable bonds is 6. The predicted molar refractivity (Wildman–Crippen MR) is 97.5 cm³/mol. The topological polar surface area (TPSA) is 78.5 Å². The molecule has 4 amide bonds. The first-order valence-electron chi connectivity index (χ1n) is 8.79. The summed E-state index contributed by atoms with van der Waals surface area (Å²) >= 11 is 0.